The molecule has 0 bridgehead atoms. The first-order valence-corrected chi connectivity index (χ1v) is 11.3. The van der Waals surface area contributed by atoms with Gasteiger partial charge in [-0.1, -0.05) is 50.2 Å². The number of carbonyl (C=O) groups is 1. The van der Waals surface area contributed by atoms with Crippen LogP contribution >= 0.6 is 0 Å². The molecule has 0 saturated heterocycles. The molecule has 174 valence electrons. The smallest absolute Gasteiger partial charge is 0.339 e. The van der Waals surface area contributed by atoms with Gasteiger partial charge >= 0.3 is 5.97 Å². The van der Waals surface area contributed by atoms with Crippen LogP contribution in [-0.2, 0) is 6.42 Å². The summed E-state index contributed by atoms with van der Waals surface area (Å²) in [6.45, 7) is 5.84. The number of carboxylic acid groups (broad SMARTS) is 1. The Balaban J connectivity index is 1.52. The molecule has 6 nitrogen and oxygen atoms in total. The van der Waals surface area contributed by atoms with Gasteiger partial charge in [0.1, 0.15) is 11.3 Å². The van der Waals surface area contributed by atoms with E-state index < -0.39 is 12.1 Å². The van der Waals surface area contributed by atoms with Crippen LogP contribution in [0.15, 0.2) is 67.0 Å². The highest BCUT2D eigenvalue weighted by molar-refractivity contribution is 5.92. The molecule has 0 amide bonds. The zero-order chi connectivity index (χ0) is 23.6. The van der Waals surface area contributed by atoms with Crippen molar-refractivity contribution in [3.8, 4) is 16.9 Å². The number of aryl methyl sites for hydroxylation is 1. The van der Waals surface area contributed by atoms with Crippen LogP contribution in [0.1, 0.15) is 47.9 Å². The number of aromatic nitrogens is 1. The number of ether oxygens (including phenoxy) is 1. The molecule has 6 heteroatoms. The Morgan fingerprint density at radius 1 is 1.09 bits per heavy atom. The highest BCUT2D eigenvalue weighted by Crippen LogP contribution is 2.28. The third kappa shape index (κ3) is 7.41. The maximum absolute atomic E-state index is 11.5. The second-order valence-electron chi connectivity index (χ2n) is 8.53. The van der Waals surface area contributed by atoms with E-state index >= 15 is 0 Å². The number of rotatable bonds is 12. The summed E-state index contributed by atoms with van der Waals surface area (Å²) >= 11 is 0. The van der Waals surface area contributed by atoms with Crippen LogP contribution in [-0.4, -0.2) is 40.9 Å². The predicted molar refractivity (Wildman–Crippen MR) is 130 cm³/mol. The summed E-state index contributed by atoms with van der Waals surface area (Å²) in [5.41, 5.74) is 4.16. The van der Waals surface area contributed by atoms with E-state index in [1.54, 1.807) is 24.5 Å². The summed E-state index contributed by atoms with van der Waals surface area (Å²) in [5.74, 6) is -0.280. The summed E-state index contributed by atoms with van der Waals surface area (Å²) in [6.07, 6.45) is 4.71. The van der Waals surface area contributed by atoms with Gasteiger partial charge in [0.25, 0.3) is 0 Å². The monoisotopic (exact) mass is 448 g/mol. The molecule has 1 heterocycles. The Hall–Kier alpha value is -3.22. The van der Waals surface area contributed by atoms with Crippen LogP contribution in [0.3, 0.4) is 0 Å². The summed E-state index contributed by atoms with van der Waals surface area (Å²) < 4.78 is 5.76. The predicted octanol–water partition coefficient (Wildman–Crippen LogP) is 4.74. The average molecular weight is 449 g/mol. The van der Waals surface area contributed by atoms with Crippen molar-refractivity contribution in [2.24, 2.45) is 5.92 Å². The lowest BCUT2D eigenvalue weighted by Gasteiger charge is -2.13. The van der Waals surface area contributed by atoms with Crippen molar-refractivity contribution in [3.05, 3.63) is 83.7 Å². The normalized spacial score (nSPS) is 12.0. The van der Waals surface area contributed by atoms with E-state index in [0.29, 0.717) is 24.8 Å². The molecule has 0 fully saturated rings. The fourth-order valence-corrected chi connectivity index (χ4v) is 3.47. The lowest BCUT2D eigenvalue weighted by atomic mass is 10.0. The van der Waals surface area contributed by atoms with Crippen molar-refractivity contribution in [2.75, 3.05) is 19.7 Å². The summed E-state index contributed by atoms with van der Waals surface area (Å²) in [4.78, 5) is 15.5. The van der Waals surface area contributed by atoms with Crippen molar-refractivity contribution in [1.29, 1.82) is 0 Å². The zero-order valence-corrected chi connectivity index (χ0v) is 19.2. The van der Waals surface area contributed by atoms with Gasteiger partial charge in [0.15, 0.2) is 0 Å². The number of aromatic carboxylic acids is 1. The largest absolute Gasteiger partial charge is 0.492 e. The second kappa shape index (κ2) is 12.1. The minimum absolute atomic E-state index is 0.178. The molecular weight excluding hydrogens is 416 g/mol. The van der Waals surface area contributed by atoms with Gasteiger partial charge < -0.3 is 20.3 Å². The number of aliphatic hydroxyl groups is 1. The third-order valence-corrected chi connectivity index (χ3v) is 5.30. The Bertz CT molecular complexity index is 1020. The van der Waals surface area contributed by atoms with Gasteiger partial charge in [-0.15, -0.1) is 0 Å². The first-order chi connectivity index (χ1) is 15.9. The molecule has 0 aliphatic rings. The molecule has 0 saturated carbocycles. The average Bonchev–Trinajstić information content (AvgIpc) is 2.83. The summed E-state index contributed by atoms with van der Waals surface area (Å²) in [6, 6.07) is 17.2. The molecule has 3 rings (SSSR count). The number of hydrogen-bond acceptors (Lipinski definition) is 5. The molecule has 1 aromatic heterocycles. The summed E-state index contributed by atoms with van der Waals surface area (Å²) in [5, 5.41) is 22.9. The quantitative estimate of drug-likeness (QED) is 0.347. The van der Waals surface area contributed by atoms with Crippen molar-refractivity contribution >= 4 is 5.97 Å². The molecule has 1 atom stereocenters. The van der Waals surface area contributed by atoms with Gasteiger partial charge in [0, 0.05) is 24.5 Å². The Morgan fingerprint density at radius 3 is 2.52 bits per heavy atom. The van der Waals surface area contributed by atoms with E-state index in [-0.39, 0.29) is 5.56 Å². The molecule has 2 aromatic carbocycles. The Morgan fingerprint density at radius 2 is 1.85 bits per heavy atom. The van der Waals surface area contributed by atoms with Crippen molar-refractivity contribution < 1.29 is 19.7 Å². The Kier molecular flexibility index (Phi) is 8.98. The van der Waals surface area contributed by atoms with Crippen LogP contribution in [0.25, 0.3) is 11.1 Å². The standard InChI is InChI=1S/C27H32N2O4/c1-19(2)18-33-26-15-22(11-12-24(26)27(31)32)21-9-7-20(8-10-21)5-3-13-29-17-25(30)23-6-4-14-28-16-23/h4,6-12,14-16,19,25,29-30H,3,5,13,17-18H2,1-2H3,(H,31,32)/t25-/m1/s1. The number of hydrogen-bond donors (Lipinski definition) is 3. The molecule has 0 radical (unpaired) electrons. The van der Waals surface area contributed by atoms with Gasteiger partial charge in [-0.25, -0.2) is 4.79 Å². The van der Waals surface area contributed by atoms with Crippen LogP contribution in [0.4, 0.5) is 0 Å². The van der Waals surface area contributed by atoms with Crippen LogP contribution < -0.4 is 10.1 Å². The molecule has 0 aliphatic carbocycles. The molecule has 0 spiro atoms. The van der Waals surface area contributed by atoms with Crippen molar-refractivity contribution in [2.45, 2.75) is 32.8 Å². The highest BCUT2D eigenvalue weighted by atomic mass is 16.5. The SMILES string of the molecule is CC(C)COc1cc(-c2ccc(CCCNC[C@@H](O)c3cccnc3)cc2)ccc1C(=O)O. The fourth-order valence-electron chi connectivity index (χ4n) is 3.47. The third-order valence-electron chi connectivity index (χ3n) is 5.30. The summed E-state index contributed by atoms with van der Waals surface area (Å²) in [7, 11) is 0. The number of pyridine rings is 1. The van der Waals surface area contributed by atoms with Crippen LogP contribution in [0.5, 0.6) is 5.75 Å². The van der Waals surface area contributed by atoms with Gasteiger partial charge in [-0.2, -0.15) is 0 Å². The molecule has 3 aromatic rings. The first-order valence-electron chi connectivity index (χ1n) is 11.3. The fraction of sp³-hybridized carbons (Fsp3) is 0.333. The van der Waals surface area contributed by atoms with Crippen LogP contribution in [0.2, 0.25) is 0 Å². The molecule has 0 aliphatic heterocycles. The van der Waals surface area contributed by atoms with E-state index in [0.717, 1.165) is 36.1 Å². The number of nitrogens with one attached hydrogen (secondary N) is 1. The topological polar surface area (TPSA) is 91.7 Å². The van der Waals surface area contributed by atoms with E-state index in [9.17, 15) is 15.0 Å². The van der Waals surface area contributed by atoms with Crippen molar-refractivity contribution in [1.82, 2.24) is 10.3 Å². The van der Waals surface area contributed by atoms with E-state index in [2.05, 4.69) is 34.6 Å². The number of benzene rings is 2. The first kappa shape index (κ1) is 24.4. The minimum Gasteiger partial charge on any atom is -0.492 e. The van der Waals surface area contributed by atoms with Gasteiger partial charge in [-0.05, 0) is 60.2 Å². The highest BCUT2D eigenvalue weighted by Gasteiger charge is 2.13. The van der Waals surface area contributed by atoms with E-state index in [1.165, 1.54) is 5.56 Å². The van der Waals surface area contributed by atoms with E-state index in [4.69, 9.17) is 4.74 Å². The maximum atomic E-state index is 11.5. The van der Waals surface area contributed by atoms with Gasteiger partial charge in [0.2, 0.25) is 0 Å². The van der Waals surface area contributed by atoms with Gasteiger partial charge in [0.05, 0.1) is 12.7 Å². The number of aliphatic hydroxyl groups excluding tert-OH is 1. The van der Waals surface area contributed by atoms with Gasteiger partial charge in [-0.3, -0.25) is 4.98 Å². The van der Waals surface area contributed by atoms with Crippen LogP contribution in [0, 0.1) is 5.92 Å². The Labute approximate surface area is 195 Å². The maximum Gasteiger partial charge on any atom is 0.339 e. The zero-order valence-electron chi connectivity index (χ0n) is 19.2. The van der Waals surface area contributed by atoms with E-state index in [1.807, 2.05) is 32.0 Å². The number of nitrogens with zero attached hydrogens (tertiary/aromatic N) is 1. The second-order valence-corrected chi connectivity index (χ2v) is 8.53. The lowest BCUT2D eigenvalue weighted by molar-refractivity contribution is 0.0691. The minimum atomic E-state index is -0.989. The number of carboxylic acids is 1. The van der Waals surface area contributed by atoms with Crippen molar-refractivity contribution in [3.63, 3.8) is 0 Å². The molecule has 3 N–H and O–H groups in total. The molecule has 33 heavy (non-hydrogen) atoms. The molecular formula is C27H32N2O4. The lowest BCUT2D eigenvalue weighted by Crippen LogP contribution is -2.22. The molecule has 0 unspecified atom stereocenters.